The lowest BCUT2D eigenvalue weighted by Crippen LogP contribution is -2.07. The van der Waals surface area contributed by atoms with Gasteiger partial charge in [-0.25, -0.2) is 0 Å². The molecule has 0 heterocycles. The van der Waals surface area contributed by atoms with Crippen LogP contribution in [0.15, 0.2) is 60.7 Å². The summed E-state index contributed by atoms with van der Waals surface area (Å²) in [5, 5.41) is -0.294. The van der Waals surface area contributed by atoms with Crippen LogP contribution >= 0.6 is 35.0 Å². The number of rotatable bonds is 4. The SMILES string of the molecule is O=C(SC(c1ccccc1)C(Cl)Cl)c1ccccc1. The van der Waals surface area contributed by atoms with Crippen molar-refractivity contribution in [3.05, 3.63) is 71.8 Å². The zero-order valence-corrected chi connectivity index (χ0v) is 12.3. The van der Waals surface area contributed by atoms with Crippen molar-refractivity contribution in [2.45, 2.75) is 10.1 Å². The predicted octanol–water partition coefficient (Wildman–Crippen LogP) is 5.11. The second-order valence-electron chi connectivity index (χ2n) is 3.94. The molecule has 98 valence electrons. The predicted molar refractivity (Wildman–Crippen MR) is 83.0 cm³/mol. The van der Waals surface area contributed by atoms with Crippen molar-refractivity contribution >= 4 is 40.1 Å². The van der Waals surface area contributed by atoms with Gasteiger partial charge in [0, 0.05) is 5.56 Å². The summed E-state index contributed by atoms with van der Waals surface area (Å²) in [5.41, 5.74) is 1.61. The standard InChI is InChI=1S/C15H12Cl2OS/c16-14(17)13(11-7-3-1-4-8-11)19-15(18)12-9-5-2-6-10-12/h1-10,13-14H. The largest absolute Gasteiger partial charge is 0.282 e. The Morgan fingerprint density at radius 1 is 0.895 bits per heavy atom. The smallest absolute Gasteiger partial charge is 0.220 e. The monoisotopic (exact) mass is 310 g/mol. The maximum Gasteiger partial charge on any atom is 0.220 e. The molecule has 0 amide bonds. The molecule has 0 aliphatic carbocycles. The summed E-state index contributed by atoms with van der Waals surface area (Å²) < 4.78 is 0. The van der Waals surface area contributed by atoms with E-state index in [-0.39, 0.29) is 10.4 Å². The normalized spacial score (nSPS) is 12.4. The molecule has 0 radical (unpaired) electrons. The van der Waals surface area contributed by atoms with Crippen LogP contribution in [0.1, 0.15) is 21.2 Å². The average molecular weight is 311 g/mol. The highest BCUT2D eigenvalue weighted by Gasteiger charge is 2.23. The highest BCUT2D eigenvalue weighted by Crippen LogP contribution is 2.38. The number of carbonyl (C=O) groups excluding carboxylic acids is 1. The highest BCUT2D eigenvalue weighted by molar-refractivity contribution is 8.14. The van der Waals surface area contributed by atoms with Gasteiger partial charge in [-0.05, 0) is 5.56 Å². The number of thioether (sulfide) groups is 1. The van der Waals surface area contributed by atoms with Gasteiger partial charge in [0.25, 0.3) is 0 Å². The molecule has 0 saturated carbocycles. The molecule has 0 N–H and O–H groups in total. The Kier molecular flexibility index (Phi) is 5.32. The van der Waals surface area contributed by atoms with E-state index in [9.17, 15) is 4.79 Å². The van der Waals surface area contributed by atoms with Crippen LogP contribution in [-0.4, -0.2) is 9.95 Å². The van der Waals surface area contributed by atoms with Crippen molar-refractivity contribution in [1.82, 2.24) is 0 Å². The molecule has 1 unspecified atom stereocenters. The van der Waals surface area contributed by atoms with Crippen LogP contribution in [0.2, 0.25) is 0 Å². The first-order valence-corrected chi connectivity index (χ1v) is 7.53. The fourth-order valence-corrected chi connectivity index (χ4v) is 3.16. The summed E-state index contributed by atoms with van der Waals surface area (Å²) in [7, 11) is 0. The molecule has 4 heteroatoms. The van der Waals surface area contributed by atoms with Crippen molar-refractivity contribution in [1.29, 1.82) is 0 Å². The van der Waals surface area contributed by atoms with Crippen molar-refractivity contribution in [3.8, 4) is 0 Å². The summed E-state index contributed by atoms with van der Waals surface area (Å²) in [5.74, 6) is 0. The van der Waals surface area contributed by atoms with E-state index >= 15 is 0 Å². The zero-order valence-electron chi connectivity index (χ0n) is 10.0. The van der Waals surface area contributed by atoms with Gasteiger partial charge >= 0.3 is 0 Å². The Labute approximate surface area is 126 Å². The zero-order chi connectivity index (χ0) is 13.7. The molecule has 2 aromatic rings. The molecule has 0 aromatic heterocycles. The molecule has 19 heavy (non-hydrogen) atoms. The molecular formula is C15H12Cl2OS. The van der Waals surface area contributed by atoms with E-state index in [0.29, 0.717) is 5.56 Å². The molecule has 0 aliphatic heterocycles. The molecule has 1 atom stereocenters. The van der Waals surface area contributed by atoms with Gasteiger partial charge in [0.15, 0.2) is 0 Å². The Bertz CT molecular complexity index is 528. The Morgan fingerprint density at radius 2 is 1.42 bits per heavy atom. The summed E-state index contributed by atoms with van der Waals surface area (Å²) in [6, 6.07) is 18.7. The summed E-state index contributed by atoms with van der Waals surface area (Å²) >= 11 is 13.2. The number of hydrogen-bond donors (Lipinski definition) is 0. The van der Waals surface area contributed by atoms with E-state index in [0.717, 1.165) is 17.3 Å². The maximum atomic E-state index is 12.2. The minimum atomic E-state index is -0.639. The minimum Gasteiger partial charge on any atom is -0.282 e. The Morgan fingerprint density at radius 3 is 1.95 bits per heavy atom. The van der Waals surface area contributed by atoms with Gasteiger partial charge in [0.1, 0.15) is 4.84 Å². The van der Waals surface area contributed by atoms with Gasteiger partial charge in [-0.2, -0.15) is 0 Å². The van der Waals surface area contributed by atoms with Crippen LogP contribution in [0.3, 0.4) is 0 Å². The molecule has 0 aliphatic rings. The molecule has 0 saturated heterocycles. The quantitative estimate of drug-likeness (QED) is 0.730. The van der Waals surface area contributed by atoms with Crippen molar-refractivity contribution in [2.75, 3.05) is 0 Å². The van der Waals surface area contributed by atoms with Crippen LogP contribution < -0.4 is 0 Å². The first kappa shape index (κ1) is 14.4. The number of hydrogen-bond acceptors (Lipinski definition) is 2. The average Bonchev–Trinajstić information content (AvgIpc) is 2.46. The molecule has 2 rings (SSSR count). The molecule has 1 nitrogen and oxygen atoms in total. The third-order valence-electron chi connectivity index (χ3n) is 2.60. The van der Waals surface area contributed by atoms with Crippen molar-refractivity contribution < 1.29 is 4.79 Å². The maximum absolute atomic E-state index is 12.2. The molecule has 0 bridgehead atoms. The van der Waals surface area contributed by atoms with Crippen molar-refractivity contribution in [3.63, 3.8) is 0 Å². The topological polar surface area (TPSA) is 17.1 Å². The first-order valence-electron chi connectivity index (χ1n) is 5.77. The second-order valence-corrected chi connectivity index (χ2v) is 6.22. The molecular weight excluding hydrogens is 299 g/mol. The van der Waals surface area contributed by atoms with Crippen LogP contribution in [0.5, 0.6) is 0 Å². The van der Waals surface area contributed by atoms with E-state index < -0.39 is 4.84 Å². The molecule has 0 spiro atoms. The molecule has 2 aromatic carbocycles. The minimum absolute atomic E-state index is 0.0271. The van der Waals surface area contributed by atoms with Gasteiger partial charge in [-0.3, -0.25) is 4.79 Å². The van der Waals surface area contributed by atoms with E-state index in [1.165, 1.54) is 0 Å². The van der Waals surface area contributed by atoms with Gasteiger partial charge < -0.3 is 0 Å². The van der Waals surface area contributed by atoms with E-state index in [1.54, 1.807) is 12.1 Å². The third-order valence-corrected chi connectivity index (χ3v) is 4.65. The summed E-state index contributed by atoms with van der Waals surface area (Å²) in [6.07, 6.45) is 0. The summed E-state index contributed by atoms with van der Waals surface area (Å²) in [4.78, 5) is 11.5. The third kappa shape index (κ3) is 4.00. The first-order chi connectivity index (χ1) is 9.18. The Hall–Kier alpha value is -0.960. The van der Waals surface area contributed by atoms with Gasteiger partial charge in [-0.15, -0.1) is 23.2 Å². The van der Waals surface area contributed by atoms with Crippen LogP contribution in [-0.2, 0) is 0 Å². The lowest BCUT2D eigenvalue weighted by Gasteiger charge is -2.16. The highest BCUT2D eigenvalue weighted by atomic mass is 35.5. The van der Waals surface area contributed by atoms with E-state index in [4.69, 9.17) is 23.2 Å². The molecule has 0 fully saturated rings. The number of carbonyl (C=O) groups is 1. The lowest BCUT2D eigenvalue weighted by molar-refractivity contribution is 0.108. The van der Waals surface area contributed by atoms with E-state index in [1.807, 2.05) is 48.5 Å². The van der Waals surface area contributed by atoms with Gasteiger partial charge in [0.05, 0.1) is 5.25 Å². The lowest BCUT2D eigenvalue weighted by atomic mass is 10.2. The van der Waals surface area contributed by atoms with Crippen molar-refractivity contribution in [2.24, 2.45) is 0 Å². The van der Waals surface area contributed by atoms with Gasteiger partial charge in [0.2, 0.25) is 5.12 Å². The van der Waals surface area contributed by atoms with Gasteiger partial charge in [-0.1, -0.05) is 72.4 Å². The Balaban J connectivity index is 2.17. The summed E-state index contributed by atoms with van der Waals surface area (Å²) in [6.45, 7) is 0. The second kappa shape index (κ2) is 6.99. The van der Waals surface area contributed by atoms with Crippen LogP contribution in [0, 0.1) is 0 Å². The van der Waals surface area contributed by atoms with Crippen LogP contribution in [0.25, 0.3) is 0 Å². The number of benzene rings is 2. The van der Waals surface area contributed by atoms with E-state index in [2.05, 4.69) is 0 Å². The fraction of sp³-hybridized carbons (Fsp3) is 0.133. The fourth-order valence-electron chi connectivity index (χ4n) is 1.67. The van der Waals surface area contributed by atoms with Crippen LogP contribution in [0.4, 0.5) is 0 Å². The number of halogens is 2. The number of alkyl halides is 2.